The number of hydrogen-bond donors (Lipinski definition) is 1. The first-order chi connectivity index (χ1) is 11.4. The van der Waals surface area contributed by atoms with Crippen LogP contribution in [0.15, 0.2) is 36.5 Å². The molecule has 1 fully saturated rings. The molecule has 1 aliphatic heterocycles. The largest absolute Gasteiger partial charge is 0.481 e. The van der Waals surface area contributed by atoms with Crippen LogP contribution >= 0.6 is 0 Å². The number of aromatic nitrogens is 2. The van der Waals surface area contributed by atoms with Crippen LogP contribution in [0.4, 0.5) is 11.8 Å². The molecule has 1 aromatic carbocycles. The Kier molecular flexibility index (Phi) is 4.13. The average Bonchev–Trinajstić information content (AvgIpc) is 3.02. The number of benzene rings is 1. The van der Waals surface area contributed by atoms with Crippen molar-refractivity contribution in [1.29, 1.82) is 0 Å². The third-order valence-electron chi connectivity index (χ3n) is 4.64. The molecule has 24 heavy (non-hydrogen) atoms. The van der Waals surface area contributed by atoms with Crippen LogP contribution in [0.25, 0.3) is 0 Å². The van der Waals surface area contributed by atoms with Crippen LogP contribution in [0.1, 0.15) is 17.5 Å². The predicted molar refractivity (Wildman–Crippen MR) is 93.7 cm³/mol. The fourth-order valence-corrected chi connectivity index (χ4v) is 3.30. The fourth-order valence-electron chi connectivity index (χ4n) is 3.30. The Bertz CT molecular complexity index is 748. The maximum absolute atomic E-state index is 12.1. The number of hydrogen-bond acceptors (Lipinski definition) is 5. The number of aryl methyl sites for hydroxylation is 1. The van der Waals surface area contributed by atoms with Crippen molar-refractivity contribution in [2.24, 2.45) is 0 Å². The summed E-state index contributed by atoms with van der Waals surface area (Å²) in [6, 6.07) is 9.44. The molecule has 1 aromatic heterocycles. The Balaban J connectivity index is 1.94. The van der Waals surface area contributed by atoms with Crippen LogP contribution in [0.2, 0.25) is 0 Å². The summed E-state index contributed by atoms with van der Waals surface area (Å²) >= 11 is 0. The summed E-state index contributed by atoms with van der Waals surface area (Å²) in [6.07, 6.45) is 2.34. The molecule has 1 saturated heterocycles. The molecule has 2 heterocycles. The minimum atomic E-state index is -0.909. The minimum absolute atomic E-state index is 0.377. The van der Waals surface area contributed by atoms with Crippen LogP contribution in [-0.2, 0) is 10.2 Å². The summed E-state index contributed by atoms with van der Waals surface area (Å²) in [7, 11) is 3.88. The Morgan fingerprint density at radius 2 is 2.00 bits per heavy atom. The van der Waals surface area contributed by atoms with Crippen LogP contribution in [-0.4, -0.2) is 48.2 Å². The molecular weight excluding hydrogens is 304 g/mol. The molecule has 6 nitrogen and oxygen atoms in total. The van der Waals surface area contributed by atoms with Crippen molar-refractivity contribution in [2.75, 3.05) is 37.0 Å². The number of aliphatic carboxylic acids is 1. The van der Waals surface area contributed by atoms with Gasteiger partial charge in [0.2, 0.25) is 5.95 Å². The molecule has 2 aromatic rings. The molecule has 1 aliphatic rings. The summed E-state index contributed by atoms with van der Waals surface area (Å²) < 4.78 is 0. The zero-order chi connectivity index (χ0) is 17.3. The van der Waals surface area contributed by atoms with E-state index in [1.54, 1.807) is 6.20 Å². The number of anilines is 2. The second-order valence-electron chi connectivity index (χ2n) is 6.50. The van der Waals surface area contributed by atoms with Gasteiger partial charge in [0.25, 0.3) is 0 Å². The lowest BCUT2D eigenvalue weighted by Gasteiger charge is -2.26. The Hall–Kier alpha value is -2.63. The third kappa shape index (κ3) is 2.68. The van der Waals surface area contributed by atoms with E-state index in [9.17, 15) is 9.90 Å². The SMILES string of the molecule is Cc1cnc(N2CCC(C(=O)O)(c3ccccc3)C2)nc1N(C)C. The van der Waals surface area contributed by atoms with Gasteiger partial charge in [-0.15, -0.1) is 0 Å². The highest BCUT2D eigenvalue weighted by Gasteiger charge is 2.47. The highest BCUT2D eigenvalue weighted by molar-refractivity contribution is 5.83. The van der Waals surface area contributed by atoms with E-state index < -0.39 is 11.4 Å². The molecule has 6 heteroatoms. The number of carboxylic acids is 1. The molecule has 1 atom stereocenters. The van der Waals surface area contributed by atoms with E-state index in [1.807, 2.05) is 61.2 Å². The molecule has 3 rings (SSSR count). The zero-order valence-corrected chi connectivity index (χ0v) is 14.2. The quantitative estimate of drug-likeness (QED) is 0.928. The van der Waals surface area contributed by atoms with Crippen molar-refractivity contribution in [1.82, 2.24) is 9.97 Å². The van der Waals surface area contributed by atoms with Crippen molar-refractivity contribution in [2.45, 2.75) is 18.8 Å². The van der Waals surface area contributed by atoms with Crippen molar-refractivity contribution < 1.29 is 9.90 Å². The van der Waals surface area contributed by atoms with Gasteiger partial charge in [-0.2, -0.15) is 4.98 Å². The van der Waals surface area contributed by atoms with Crippen LogP contribution in [0.3, 0.4) is 0 Å². The maximum atomic E-state index is 12.1. The van der Waals surface area contributed by atoms with Gasteiger partial charge in [0.15, 0.2) is 0 Å². The lowest BCUT2D eigenvalue weighted by atomic mass is 9.80. The van der Waals surface area contributed by atoms with Gasteiger partial charge in [0.05, 0.1) is 0 Å². The smallest absolute Gasteiger partial charge is 0.316 e. The summed E-state index contributed by atoms with van der Waals surface area (Å²) in [5.41, 5.74) is 0.920. The first kappa shape index (κ1) is 16.2. The van der Waals surface area contributed by atoms with Crippen LogP contribution in [0, 0.1) is 6.92 Å². The van der Waals surface area contributed by atoms with E-state index in [1.165, 1.54) is 0 Å². The van der Waals surface area contributed by atoms with E-state index >= 15 is 0 Å². The minimum Gasteiger partial charge on any atom is -0.481 e. The molecule has 0 spiro atoms. The monoisotopic (exact) mass is 326 g/mol. The Labute approximate surface area is 141 Å². The van der Waals surface area contributed by atoms with E-state index in [4.69, 9.17) is 0 Å². The van der Waals surface area contributed by atoms with Gasteiger partial charge in [-0.3, -0.25) is 4.79 Å². The van der Waals surface area contributed by atoms with Crippen molar-refractivity contribution >= 4 is 17.7 Å². The maximum Gasteiger partial charge on any atom is 0.316 e. The number of nitrogens with zero attached hydrogens (tertiary/aromatic N) is 4. The van der Waals surface area contributed by atoms with Gasteiger partial charge >= 0.3 is 5.97 Å². The second-order valence-corrected chi connectivity index (χ2v) is 6.50. The molecule has 126 valence electrons. The summed E-state index contributed by atoms with van der Waals surface area (Å²) in [5, 5.41) is 9.89. The Morgan fingerprint density at radius 3 is 2.62 bits per heavy atom. The molecule has 0 saturated carbocycles. The molecule has 0 amide bonds. The number of carbonyl (C=O) groups is 1. The van der Waals surface area contributed by atoms with E-state index in [0.29, 0.717) is 25.5 Å². The lowest BCUT2D eigenvalue weighted by Crippen LogP contribution is -2.39. The molecule has 0 aliphatic carbocycles. The van der Waals surface area contributed by atoms with Crippen molar-refractivity contribution in [3.05, 3.63) is 47.7 Å². The average molecular weight is 326 g/mol. The number of carboxylic acid groups (broad SMARTS) is 1. The summed E-state index contributed by atoms with van der Waals surface area (Å²) in [5.74, 6) is 0.645. The summed E-state index contributed by atoms with van der Waals surface area (Å²) in [4.78, 5) is 25.0. The standard InChI is InChI=1S/C18H22N4O2/c1-13-11-19-17(20-15(13)21(2)3)22-10-9-18(12-22,16(23)24)14-7-5-4-6-8-14/h4-8,11H,9-10,12H2,1-3H3,(H,23,24). The van der Waals surface area contributed by atoms with Gasteiger partial charge in [-0.05, 0) is 18.9 Å². The van der Waals surface area contributed by atoms with E-state index in [-0.39, 0.29) is 0 Å². The molecule has 0 bridgehead atoms. The third-order valence-corrected chi connectivity index (χ3v) is 4.64. The number of rotatable bonds is 4. The zero-order valence-electron chi connectivity index (χ0n) is 14.2. The Morgan fingerprint density at radius 1 is 1.29 bits per heavy atom. The molecule has 0 radical (unpaired) electrons. The van der Waals surface area contributed by atoms with Crippen LogP contribution in [0.5, 0.6) is 0 Å². The normalized spacial score (nSPS) is 20.2. The van der Waals surface area contributed by atoms with Crippen LogP contribution < -0.4 is 9.80 Å². The van der Waals surface area contributed by atoms with Gasteiger partial charge in [0.1, 0.15) is 11.2 Å². The van der Waals surface area contributed by atoms with Gasteiger partial charge < -0.3 is 14.9 Å². The predicted octanol–water partition coefficient (Wildman–Crippen LogP) is 2.08. The van der Waals surface area contributed by atoms with Gasteiger partial charge in [-0.1, -0.05) is 30.3 Å². The van der Waals surface area contributed by atoms with Crippen molar-refractivity contribution in [3.63, 3.8) is 0 Å². The van der Waals surface area contributed by atoms with E-state index in [0.717, 1.165) is 16.9 Å². The second kappa shape index (κ2) is 6.11. The lowest BCUT2D eigenvalue weighted by molar-refractivity contribution is -0.143. The highest BCUT2D eigenvalue weighted by Crippen LogP contribution is 2.36. The topological polar surface area (TPSA) is 69.6 Å². The molecule has 1 N–H and O–H groups in total. The first-order valence-electron chi connectivity index (χ1n) is 7.99. The molecule has 1 unspecified atom stereocenters. The van der Waals surface area contributed by atoms with Crippen molar-refractivity contribution in [3.8, 4) is 0 Å². The first-order valence-corrected chi connectivity index (χ1v) is 7.99. The highest BCUT2D eigenvalue weighted by atomic mass is 16.4. The fraction of sp³-hybridized carbons (Fsp3) is 0.389. The molecular formula is C18H22N4O2. The van der Waals surface area contributed by atoms with Gasteiger partial charge in [-0.25, -0.2) is 4.98 Å². The van der Waals surface area contributed by atoms with Gasteiger partial charge in [0, 0.05) is 38.9 Å². The van der Waals surface area contributed by atoms with E-state index in [2.05, 4.69) is 9.97 Å². The summed E-state index contributed by atoms with van der Waals surface area (Å²) in [6.45, 7) is 2.97.